The van der Waals surface area contributed by atoms with Crippen LogP contribution in [0.2, 0.25) is 0 Å². The molecule has 1 heterocycles. The minimum atomic E-state index is -0.478. The number of H-pyrrole nitrogens is 1. The second-order valence-electron chi connectivity index (χ2n) is 9.38. The first-order valence-corrected chi connectivity index (χ1v) is 10.9. The molecule has 0 radical (unpaired) electrons. The van der Waals surface area contributed by atoms with Crippen LogP contribution in [-0.2, 0) is 4.74 Å². The fourth-order valence-corrected chi connectivity index (χ4v) is 4.07. The minimum Gasteiger partial charge on any atom is -0.444 e. The van der Waals surface area contributed by atoms with Crippen molar-refractivity contribution in [2.75, 3.05) is 11.9 Å². The summed E-state index contributed by atoms with van der Waals surface area (Å²) in [6.45, 7) is 8.32. The summed E-state index contributed by atoms with van der Waals surface area (Å²) < 4.78 is 5.36. The molecule has 7 nitrogen and oxygen atoms in total. The molecule has 0 spiro atoms. The van der Waals surface area contributed by atoms with Crippen LogP contribution in [-0.4, -0.2) is 35.2 Å². The van der Waals surface area contributed by atoms with Crippen LogP contribution >= 0.6 is 0 Å². The summed E-state index contributed by atoms with van der Waals surface area (Å²) in [5, 5.41) is 6.57. The molecule has 1 saturated carbocycles. The summed E-state index contributed by atoms with van der Waals surface area (Å²) in [7, 11) is 0. The Morgan fingerprint density at radius 1 is 1.16 bits per heavy atom. The molecule has 3 rings (SSSR count). The fourth-order valence-electron chi connectivity index (χ4n) is 4.07. The highest BCUT2D eigenvalue weighted by Crippen LogP contribution is 2.30. The molecule has 0 bridgehead atoms. The Labute approximate surface area is 184 Å². The van der Waals surface area contributed by atoms with Gasteiger partial charge >= 0.3 is 6.09 Å². The van der Waals surface area contributed by atoms with Gasteiger partial charge in [-0.2, -0.15) is 0 Å². The van der Waals surface area contributed by atoms with Crippen LogP contribution in [0.5, 0.6) is 0 Å². The summed E-state index contributed by atoms with van der Waals surface area (Å²) in [4.78, 5) is 26.8. The monoisotopic (exact) mass is 426 g/mol. The molecule has 2 aromatic rings. The minimum absolute atomic E-state index is 0.174. The van der Waals surface area contributed by atoms with Gasteiger partial charge in [0.2, 0.25) is 0 Å². The van der Waals surface area contributed by atoms with Crippen molar-refractivity contribution in [2.24, 2.45) is 11.7 Å². The van der Waals surface area contributed by atoms with Gasteiger partial charge in [0.25, 0.3) is 5.91 Å². The summed E-state index contributed by atoms with van der Waals surface area (Å²) >= 11 is 0. The van der Waals surface area contributed by atoms with E-state index in [9.17, 15) is 9.59 Å². The van der Waals surface area contributed by atoms with Gasteiger partial charge in [-0.1, -0.05) is 18.2 Å². The van der Waals surface area contributed by atoms with Crippen LogP contribution in [0.4, 0.5) is 10.5 Å². The Kier molecular flexibility index (Phi) is 6.93. The van der Waals surface area contributed by atoms with Gasteiger partial charge in [-0.3, -0.25) is 4.79 Å². The number of nitrogens with one attached hydrogen (secondary N) is 3. The van der Waals surface area contributed by atoms with Crippen molar-refractivity contribution in [2.45, 2.75) is 65.0 Å². The first-order valence-electron chi connectivity index (χ1n) is 10.9. The van der Waals surface area contributed by atoms with E-state index in [4.69, 9.17) is 10.5 Å². The third-order valence-electron chi connectivity index (χ3n) is 5.65. The van der Waals surface area contributed by atoms with Crippen molar-refractivity contribution in [1.82, 2.24) is 10.3 Å². The Morgan fingerprint density at radius 3 is 2.45 bits per heavy atom. The number of para-hydroxylation sites is 1. The maximum Gasteiger partial charge on any atom is 0.407 e. The van der Waals surface area contributed by atoms with Crippen molar-refractivity contribution in [1.29, 1.82) is 0 Å². The van der Waals surface area contributed by atoms with E-state index in [0.717, 1.165) is 54.9 Å². The van der Waals surface area contributed by atoms with Crippen LogP contribution in [0.1, 0.15) is 62.5 Å². The maximum absolute atomic E-state index is 12.0. The van der Waals surface area contributed by atoms with Crippen molar-refractivity contribution in [3.63, 3.8) is 0 Å². The van der Waals surface area contributed by atoms with Gasteiger partial charge in [-0.05, 0) is 71.4 Å². The van der Waals surface area contributed by atoms with Crippen molar-refractivity contribution in [3.05, 3.63) is 41.6 Å². The van der Waals surface area contributed by atoms with Gasteiger partial charge in [0, 0.05) is 35.2 Å². The highest BCUT2D eigenvalue weighted by atomic mass is 16.6. The fraction of sp³-hybridized carbons (Fsp3) is 0.500. The number of hydrogen-bond acceptors (Lipinski definition) is 4. The summed E-state index contributed by atoms with van der Waals surface area (Å²) in [5.41, 5.74) is 9.18. The lowest BCUT2D eigenvalue weighted by atomic mass is 9.86. The van der Waals surface area contributed by atoms with Crippen LogP contribution in [0.15, 0.2) is 30.3 Å². The largest absolute Gasteiger partial charge is 0.444 e. The zero-order valence-corrected chi connectivity index (χ0v) is 18.9. The first-order chi connectivity index (χ1) is 14.6. The number of hydrogen-bond donors (Lipinski definition) is 4. The number of nitrogens with two attached hydrogens (primary N) is 1. The molecule has 0 saturated heterocycles. The average Bonchev–Trinajstić information content (AvgIpc) is 3.08. The van der Waals surface area contributed by atoms with Crippen LogP contribution < -0.4 is 16.4 Å². The average molecular weight is 427 g/mol. The predicted molar refractivity (Wildman–Crippen MR) is 123 cm³/mol. The van der Waals surface area contributed by atoms with E-state index in [-0.39, 0.29) is 12.1 Å². The van der Waals surface area contributed by atoms with E-state index in [0.29, 0.717) is 11.5 Å². The Balaban J connectivity index is 1.55. The molecule has 7 heteroatoms. The first kappa shape index (κ1) is 22.7. The zero-order valence-electron chi connectivity index (χ0n) is 18.9. The normalized spacial score (nSPS) is 19.0. The van der Waals surface area contributed by atoms with E-state index in [2.05, 4.69) is 15.6 Å². The standard InChI is InChI=1S/C24H34N4O3/c1-15-19(22(25)29)13-21(27-15)18-7-5-6-8-20(18)26-14-16-9-11-17(12-10-16)28-23(30)31-24(2,3)4/h5-8,13,16-17,26-27H,9-12,14H2,1-4H3,(H2,25,29)(H,28,30)/t16-,17-. The molecule has 31 heavy (non-hydrogen) atoms. The molecule has 1 aliphatic rings. The molecule has 1 aromatic carbocycles. The Hall–Kier alpha value is -2.96. The molecular weight excluding hydrogens is 392 g/mol. The molecule has 1 fully saturated rings. The number of carbonyl (C=O) groups is 2. The van der Waals surface area contributed by atoms with Crippen LogP contribution in [0, 0.1) is 12.8 Å². The molecule has 168 valence electrons. The highest BCUT2D eigenvalue weighted by Gasteiger charge is 2.25. The topological polar surface area (TPSA) is 109 Å². The Morgan fingerprint density at radius 2 is 1.84 bits per heavy atom. The summed E-state index contributed by atoms with van der Waals surface area (Å²) in [6, 6.07) is 10.0. The third kappa shape index (κ3) is 6.26. The predicted octanol–water partition coefficient (Wildman–Crippen LogP) is 4.58. The van der Waals surface area contributed by atoms with Crippen LogP contribution in [0.25, 0.3) is 11.3 Å². The number of alkyl carbamates (subject to hydrolysis) is 1. The van der Waals surface area contributed by atoms with Gasteiger partial charge < -0.3 is 26.1 Å². The van der Waals surface area contributed by atoms with Crippen molar-refractivity contribution < 1.29 is 14.3 Å². The molecular formula is C24H34N4O3. The second kappa shape index (κ2) is 9.45. The lowest BCUT2D eigenvalue weighted by Gasteiger charge is -2.30. The number of rotatable bonds is 6. The smallest absolute Gasteiger partial charge is 0.407 e. The van der Waals surface area contributed by atoms with E-state index in [1.807, 2.05) is 58.0 Å². The SMILES string of the molecule is Cc1[nH]c(-c2ccccc2NC[C@H]2CC[C@H](NC(=O)OC(C)(C)C)CC2)cc1C(N)=O. The number of benzene rings is 1. The highest BCUT2D eigenvalue weighted by molar-refractivity contribution is 5.96. The number of aromatic amines is 1. The van der Waals surface area contributed by atoms with Gasteiger partial charge in [-0.15, -0.1) is 0 Å². The van der Waals surface area contributed by atoms with Gasteiger partial charge in [0.1, 0.15) is 5.60 Å². The quantitative estimate of drug-likeness (QED) is 0.542. The van der Waals surface area contributed by atoms with Gasteiger partial charge in [0.15, 0.2) is 0 Å². The number of carbonyl (C=O) groups excluding carboxylic acids is 2. The maximum atomic E-state index is 12.0. The van der Waals surface area contributed by atoms with Gasteiger partial charge in [-0.25, -0.2) is 4.79 Å². The second-order valence-corrected chi connectivity index (χ2v) is 9.38. The van der Waals surface area contributed by atoms with Crippen LogP contribution in [0.3, 0.4) is 0 Å². The number of amides is 2. The molecule has 0 atom stereocenters. The van der Waals surface area contributed by atoms with E-state index in [1.54, 1.807) is 0 Å². The zero-order chi connectivity index (χ0) is 22.6. The number of ether oxygens (including phenoxy) is 1. The van der Waals surface area contributed by atoms with E-state index >= 15 is 0 Å². The van der Waals surface area contributed by atoms with Crippen molar-refractivity contribution in [3.8, 4) is 11.3 Å². The third-order valence-corrected chi connectivity index (χ3v) is 5.65. The molecule has 1 aromatic heterocycles. The number of aromatic nitrogens is 1. The van der Waals surface area contributed by atoms with Gasteiger partial charge in [0.05, 0.1) is 5.56 Å². The van der Waals surface area contributed by atoms with E-state index < -0.39 is 11.5 Å². The van der Waals surface area contributed by atoms with Crippen molar-refractivity contribution >= 4 is 17.7 Å². The van der Waals surface area contributed by atoms with E-state index in [1.165, 1.54) is 0 Å². The molecule has 0 aliphatic heterocycles. The number of primary amides is 1. The summed E-state index contributed by atoms with van der Waals surface area (Å²) in [6.07, 6.45) is 3.65. The Bertz CT molecular complexity index is 921. The molecule has 1 aliphatic carbocycles. The summed E-state index contributed by atoms with van der Waals surface area (Å²) in [5.74, 6) is 0.110. The number of aryl methyl sites for hydroxylation is 1. The molecule has 0 unspecified atom stereocenters. The lowest BCUT2D eigenvalue weighted by Crippen LogP contribution is -2.41. The molecule has 5 N–H and O–H groups in total. The number of anilines is 1. The lowest BCUT2D eigenvalue weighted by molar-refractivity contribution is 0.0488. The molecule has 2 amide bonds.